The van der Waals surface area contributed by atoms with E-state index in [1.54, 1.807) is 0 Å². The van der Waals surface area contributed by atoms with Crippen LogP contribution in [0.2, 0.25) is 0 Å². The zero-order valence-corrected chi connectivity index (χ0v) is 10.3. The average Bonchev–Trinajstić information content (AvgIpc) is 2.76. The summed E-state index contributed by atoms with van der Waals surface area (Å²) >= 11 is 0. The number of hydrogen-bond donors (Lipinski definition) is 2. The number of carbonyl (C=O) groups excluding carboxylic acids is 1. The molecule has 94 valence electrons. The van der Waals surface area contributed by atoms with Gasteiger partial charge in [0.2, 0.25) is 5.91 Å². The van der Waals surface area contributed by atoms with Gasteiger partial charge in [0.1, 0.15) is 0 Å². The fourth-order valence-corrected chi connectivity index (χ4v) is 1.87. The Bertz CT molecular complexity index is 191. The normalized spacial score (nSPS) is 19.9. The molecule has 1 unspecified atom stereocenters. The fraction of sp³-hybridized carbons (Fsp3) is 0.917. The van der Waals surface area contributed by atoms with Crippen LogP contribution in [-0.4, -0.2) is 38.8 Å². The molecule has 1 fully saturated rings. The van der Waals surface area contributed by atoms with Gasteiger partial charge in [-0.15, -0.1) is 0 Å². The molecule has 0 aromatic heterocycles. The van der Waals surface area contributed by atoms with Crippen LogP contribution >= 0.6 is 0 Å². The molecule has 1 amide bonds. The third-order valence-corrected chi connectivity index (χ3v) is 2.77. The number of nitrogens with one attached hydrogen (secondary N) is 2. The summed E-state index contributed by atoms with van der Waals surface area (Å²) in [7, 11) is 0. The molecule has 1 saturated heterocycles. The minimum absolute atomic E-state index is 0.184. The largest absolute Gasteiger partial charge is 0.381 e. The highest BCUT2D eigenvalue weighted by molar-refractivity contribution is 5.76. The van der Waals surface area contributed by atoms with Crippen LogP contribution in [0.1, 0.15) is 32.6 Å². The Morgan fingerprint density at radius 1 is 1.50 bits per heavy atom. The Morgan fingerprint density at radius 2 is 2.38 bits per heavy atom. The molecule has 0 aromatic carbocycles. The molecule has 0 aromatic rings. The highest BCUT2D eigenvalue weighted by Crippen LogP contribution is 2.11. The molecular weight excluding hydrogens is 204 g/mol. The third kappa shape index (κ3) is 6.08. The first-order valence-electron chi connectivity index (χ1n) is 6.38. The van der Waals surface area contributed by atoms with Crippen LogP contribution in [0.3, 0.4) is 0 Å². The molecule has 1 aliphatic heterocycles. The van der Waals surface area contributed by atoms with Gasteiger partial charge in [0.15, 0.2) is 0 Å². The van der Waals surface area contributed by atoms with E-state index in [1.807, 2.05) is 0 Å². The summed E-state index contributed by atoms with van der Waals surface area (Å²) in [5.41, 5.74) is 0. The zero-order valence-electron chi connectivity index (χ0n) is 10.3. The van der Waals surface area contributed by atoms with Gasteiger partial charge < -0.3 is 15.4 Å². The first-order valence-corrected chi connectivity index (χ1v) is 6.38. The summed E-state index contributed by atoms with van der Waals surface area (Å²) in [6.07, 6.45) is 3.77. The molecule has 2 N–H and O–H groups in total. The van der Waals surface area contributed by atoms with E-state index < -0.39 is 0 Å². The van der Waals surface area contributed by atoms with Crippen molar-refractivity contribution >= 4 is 5.91 Å². The lowest BCUT2D eigenvalue weighted by Gasteiger charge is -2.09. The van der Waals surface area contributed by atoms with E-state index >= 15 is 0 Å². The summed E-state index contributed by atoms with van der Waals surface area (Å²) < 4.78 is 5.34. The minimum Gasteiger partial charge on any atom is -0.381 e. The van der Waals surface area contributed by atoms with Gasteiger partial charge in [-0.3, -0.25) is 4.79 Å². The van der Waals surface area contributed by atoms with Crippen molar-refractivity contribution < 1.29 is 9.53 Å². The van der Waals surface area contributed by atoms with Crippen molar-refractivity contribution in [3.8, 4) is 0 Å². The lowest BCUT2D eigenvalue weighted by molar-refractivity contribution is -0.121. The van der Waals surface area contributed by atoms with Gasteiger partial charge in [-0.25, -0.2) is 0 Å². The smallest absolute Gasteiger partial charge is 0.220 e. The molecule has 0 bridgehead atoms. The predicted octanol–water partition coefficient (Wildman–Crippen LogP) is 0.919. The molecule has 1 heterocycles. The molecule has 0 aliphatic carbocycles. The van der Waals surface area contributed by atoms with Crippen LogP contribution in [0.4, 0.5) is 0 Å². The summed E-state index contributed by atoms with van der Waals surface area (Å²) in [6, 6.07) is 0. The lowest BCUT2D eigenvalue weighted by Crippen LogP contribution is -2.27. The van der Waals surface area contributed by atoms with Crippen molar-refractivity contribution in [3.63, 3.8) is 0 Å². The molecular formula is C12H24N2O2. The van der Waals surface area contributed by atoms with Crippen molar-refractivity contribution in [2.24, 2.45) is 5.92 Å². The van der Waals surface area contributed by atoms with Crippen molar-refractivity contribution in [2.45, 2.75) is 32.6 Å². The SMILES string of the molecule is CCCOCCCNC(=O)CC1CCNC1. The van der Waals surface area contributed by atoms with Crippen molar-refractivity contribution in [2.75, 3.05) is 32.8 Å². The lowest BCUT2D eigenvalue weighted by atomic mass is 10.0. The van der Waals surface area contributed by atoms with Crippen LogP contribution < -0.4 is 10.6 Å². The van der Waals surface area contributed by atoms with E-state index in [-0.39, 0.29) is 5.91 Å². The topological polar surface area (TPSA) is 50.4 Å². The molecule has 1 atom stereocenters. The van der Waals surface area contributed by atoms with Crippen LogP contribution in [-0.2, 0) is 9.53 Å². The molecule has 16 heavy (non-hydrogen) atoms. The minimum atomic E-state index is 0.184. The number of amides is 1. The average molecular weight is 228 g/mol. The summed E-state index contributed by atoms with van der Waals surface area (Å²) in [5, 5.41) is 6.21. The van der Waals surface area contributed by atoms with E-state index in [4.69, 9.17) is 4.74 Å². The molecule has 0 saturated carbocycles. The Hall–Kier alpha value is -0.610. The Morgan fingerprint density at radius 3 is 3.06 bits per heavy atom. The van der Waals surface area contributed by atoms with Crippen LogP contribution in [0.5, 0.6) is 0 Å². The zero-order chi connectivity index (χ0) is 11.6. The standard InChI is InChI=1S/C12H24N2O2/c1-2-7-16-8-3-5-14-12(15)9-11-4-6-13-10-11/h11,13H,2-10H2,1H3,(H,14,15). The van der Waals surface area contributed by atoms with Gasteiger partial charge in [-0.2, -0.15) is 0 Å². The van der Waals surface area contributed by atoms with Crippen LogP contribution in [0, 0.1) is 5.92 Å². The van der Waals surface area contributed by atoms with Gasteiger partial charge in [-0.1, -0.05) is 6.92 Å². The molecule has 1 aliphatic rings. The van der Waals surface area contributed by atoms with Gasteiger partial charge in [0, 0.05) is 26.2 Å². The van der Waals surface area contributed by atoms with E-state index in [2.05, 4.69) is 17.6 Å². The van der Waals surface area contributed by atoms with Gasteiger partial charge >= 0.3 is 0 Å². The molecule has 4 nitrogen and oxygen atoms in total. The van der Waals surface area contributed by atoms with Crippen molar-refractivity contribution in [3.05, 3.63) is 0 Å². The van der Waals surface area contributed by atoms with Crippen LogP contribution in [0.15, 0.2) is 0 Å². The molecule has 1 rings (SSSR count). The number of ether oxygens (including phenoxy) is 1. The van der Waals surface area contributed by atoms with E-state index in [1.165, 1.54) is 0 Å². The number of hydrogen-bond acceptors (Lipinski definition) is 3. The maximum Gasteiger partial charge on any atom is 0.220 e. The quantitative estimate of drug-likeness (QED) is 0.607. The summed E-state index contributed by atoms with van der Waals surface area (Å²) in [5.74, 6) is 0.723. The van der Waals surface area contributed by atoms with Gasteiger partial charge in [0.25, 0.3) is 0 Å². The molecule has 0 spiro atoms. The third-order valence-electron chi connectivity index (χ3n) is 2.77. The monoisotopic (exact) mass is 228 g/mol. The highest BCUT2D eigenvalue weighted by atomic mass is 16.5. The first-order chi connectivity index (χ1) is 7.83. The number of carbonyl (C=O) groups is 1. The van der Waals surface area contributed by atoms with Crippen molar-refractivity contribution in [1.82, 2.24) is 10.6 Å². The predicted molar refractivity (Wildman–Crippen MR) is 64.3 cm³/mol. The van der Waals surface area contributed by atoms with E-state index in [0.717, 1.165) is 52.1 Å². The van der Waals surface area contributed by atoms with E-state index in [0.29, 0.717) is 12.3 Å². The first kappa shape index (κ1) is 13.5. The van der Waals surface area contributed by atoms with E-state index in [9.17, 15) is 4.79 Å². The second kappa shape index (κ2) is 8.53. The summed E-state index contributed by atoms with van der Waals surface area (Å²) in [6.45, 7) is 6.46. The van der Waals surface area contributed by atoms with Gasteiger partial charge in [-0.05, 0) is 38.3 Å². The molecule has 0 radical (unpaired) electrons. The number of rotatable bonds is 8. The maximum absolute atomic E-state index is 11.5. The Balaban J connectivity index is 1.89. The van der Waals surface area contributed by atoms with Crippen LogP contribution in [0.25, 0.3) is 0 Å². The second-order valence-electron chi connectivity index (χ2n) is 4.38. The van der Waals surface area contributed by atoms with Gasteiger partial charge in [0.05, 0.1) is 0 Å². The maximum atomic E-state index is 11.5. The Kier molecular flexibility index (Phi) is 7.17. The van der Waals surface area contributed by atoms with Crippen molar-refractivity contribution in [1.29, 1.82) is 0 Å². The highest BCUT2D eigenvalue weighted by Gasteiger charge is 2.17. The summed E-state index contributed by atoms with van der Waals surface area (Å²) in [4.78, 5) is 11.5. The Labute approximate surface area is 98.1 Å². The fourth-order valence-electron chi connectivity index (χ4n) is 1.87. The molecule has 4 heteroatoms. The second-order valence-corrected chi connectivity index (χ2v) is 4.38.